The van der Waals surface area contributed by atoms with Crippen molar-refractivity contribution < 1.29 is 4.79 Å². The van der Waals surface area contributed by atoms with Gasteiger partial charge in [-0.05, 0) is 50.2 Å². The van der Waals surface area contributed by atoms with Crippen LogP contribution >= 0.6 is 35.0 Å². The van der Waals surface area contributed by atoms with Crippen LogP contribution in [0.1, 0.15) is 21.7 Å². The van der Waals surface area contributed by atoms with Crippen molar-refractivity contribution in [2.45, 2.75) is 23.6 Å². The number of carbonyl (C=O) groups is 1. The smallest absolute Gasteiger partial charge is 0.267 e. The molecule has 6 heteroatoms. The van der Waals surface area contributed by atoms with Gasteiger partial charge >= 0.3 is 0 Å². The zero-order valence-electron chi connectivity index (χ0n) is 13.1. The zero-order valence-corrected chi connectivity index (χ0v) is 15.4. The summed E-state index contributed by atoms with van der Waals surface area (Å²) in [6.45, 7) is 3.77. The summed E-state index contributed by atoms with van der Waals surface area (Å²) >= 11 is 13.6. The first-order valence-electron chi connectivity index (χ1n) is 7.26. The molecule has 0 saturated carbocycles. The van der Waals surface area contributed by atoms with Crippen molar-refractivity contribution in [3.05, 3.63) is 75.5 Å². The Bertz CT molecular complexity index is 904. The van der Waals surface area contributed by atoms with E-state index in [0.717, 1.165) is 21.2 Å². The first-order valence-corrected chi connectivity index (χ1v) is 8.83. The van der Waals surface area contributed by atoms with E-state index < -0.39 is 0 Å². The minimum Gasteiger partial charge on any atom is -0.267 e. The summed E-state index contributed by atoms with van der Waals surface area (Å²) in [5.41, 5.74) is 2.03. The normalized spacial score (nSPS) is 10.8. The highest BCUT2D eigenvalue weighted by atomic mass is 35.5. The standard InChI is InChI=1S/C18H14Cl2N2OS/c1-11-17(24-14-9-7-13(19)8-10-14)12(2)22(21-11)18(23)15-5-3-4-6-16(15)20/h3-10H,1-2H3. The van der Waals surface area contributed by atoms with Crippen LogP contribution in [-0.2, 0) is 0 Å². The molecule has 0 saturated heterocycles. The maximum Gasteiger partial charge on any atom is 0.279 e. The summed E-state index contributed by atoms with van der Waals surface area (Å²) in [6, 6.07) is 14.5. The third-order valence-electron chi connectivity index (χ3n) is 3.56. The molecule has 0 N–H and O–H groups in total. The van der Waals surface area contributed by atoms with E-state index in [-0.39, 0.29) is 5.91 Å². The summed E-state index contributed by atoms with van der Waals surface area (Å²) < 4.78 is 1.41. The lowest BCUT2D eigenvalue weighted by molar-refractivity contribution is 0.0942. The van der Waals surface area contributed by atoms with Crippen molar-refractivity contribution in [1.82, 2.24) is 9.78 Å². The molecular formula is C18H14Cl2N2OS. The van der Waals surface area contributed by atoms with Gasteiger partial charge in [0.1, 0.15) is 0 Å². The topological polar surface area (TPSA) is 34.9 Å². The lowest BCUT2D eigenvalue weighted by Gasteiger charge is -2.06. The van der Waals surface area contributed by atoms with E-state index in [4.69, 9.17) is 23.2 Å². The number of rotatable bonds is 3. The Hall–Kier alpha value is -1.75. The average Bonchev–Trinajstić information content (AvgIpc) is 2.85. The molecule has 0 aliphatic rings. The number of carbonyl (C=O) groups excluding carboxylic acids is 1. The van der Waals surface area contributed by atoms with Crippen molar-refractivity contribution >= 4 is 40.9 Å². The van der Waals surface area contributed by atoms with Crippen molar-refractivity contribution in [3.8, 4) is 0 Å². The van der Waals surface area contributed by atoms with E-state index in [1.807, 2.05) is 38.1 Å². The minimum atomic E-state index is -0.232. The van der Waals surface area contributed by atoms with Crippen LogP contribution in [0.3, 0.4) is 0 Å². The van der Waals surface area contributed by atoms with Crippen molar-refractivity contribution in [2.24, 2.45) is 0 Å². The highest BCUT2D eigenvalue weighted by Gasteiger charge is 2.20. The predicted molar refractivity (Wildman–Crippen MR) is 98.5 cm³/mol. The lowest BCUT2D eigenvalue weighted by Crippen LogP contribution is -2.15. The summed E-state index contributed by atoms with van der Waals surface area (Å²) in [5, 5.41) is 5.51. The molecule has 0 atom stereocenters. The second-order valence-electron chi connectivity index (χ2n) is 5.25. The largest absolute Gasteiger partial charge is 0.279 e. The quantitative estimate of drug-likeness (QED) is 0.592. The van der Waals surface area contributed by atoms with E-state index in [2.05, 4.69) is 5.10 Å². The third-order valence-corrected chi connectivity index (χ3v) is 5.44. The molecule has 0 aliphatic heterocycles. The van der Waals surface area contributed by atoms with Gasteiger partial charge in [0.25, 0.3) is 5.91 Å². The lowest BCUT2D eigenvalue weighted by atomic mass is 10.2. The molecule has 1 heterocycles. The van der Waals surface area contributed by atoms with Crippen molar-refractivity contribution in [2.75, 3.05) is 0 Å². The van der Waals surface area contributed by atoms with Crippen LogP contribution in [0.4, 0.5) is 0 Å². The van der Waals surface area contributed by atoms with Gasteiger partial charge in [0, 0.05) is 9.92 Å². The predicted octanol–water partition coefficient (Wildman–Crippen LogP) is 5.65. The molecule has 1 aromatic heterocycles. The van der Waals surface area contributed by atoms with Crippen LogP contribution in [-0.4, -0.2) is 15.7 Å². The molecular weight excluding hydrogens is 363 g/mol. The van der Waals surface area contributed by atoms with E-state index in [1.165, 1.54) is 4.68 Å². The Morgan fingerprint density at radius 1 is 1.04 bits per heavy atom. The van der Waals surface area contributed by atoms with Gasteiger partial charge in [0.2, 0.25) is 0 Å². The molecule has 122 valence electrons. The van der Waals surface area contributed by atoms with Gasteiger partial charge in [-0.3, -0.25) is 4.79 Å². The fraction of sp³-hybridized carbons (Fsp3) is 0.111. The first kappa shape index (κ1) is 17.1. The van der Waals surface area contributed by atoms with E-state index >= 15 is 0 Å². The van der Waals surface area contributed by atoms with E-state index in [1.54, 1.807) is 36.0 Å². The number of nitrogens with zero attached hydrogens (tertiary/aromatic N) is 2. The van der Waals surface area contributed by atoms with Crippen molar-refractivity contribution in [1.29, 1.82) is 0 Å². The summed E-state index contributed by atoms with van der Waals surface area (Å²) in [6.07, 6.45) is 0. The third kappa shape index (κ3) is 3.36. The van der Waals surface area contributed by atoms with Crippen LogP contribution in [0, 0.1) is 13.8 Å². The number of benzene rings is 2. The SMILES string of the molecule is Cc1nn(C(=O)c2ccccc2Cl)c(C)c1Sc1ccc(Cl)cc1. The molecule has 3 rings (SSSR count). The highest BCUT2D eigenvalue weighted by molar-refractivity contribution is 7.99. The molecule has 0 fully saturated rings. The molecule has 0 unspecified atom stereocenters. The minimum absolute atomic E-state index is 0.232. The van der Waals surface area contributed by atoms with Gasteiger partial charge in [-0.25, -0.2) is 0 Å². The fourth-order valence-electron chi connectivity index (χ4n) is 2.34. The van der Waals surface area contributed by atoms with Gasteiger partial charge in [0.15, 0.2) is 0 Å². The number of hydrogen-bond donors (Lipinski definition) is 0. The number of aromatic nitrogens is 2. The maximum absolute atomic E-state index is 12.7. The molecule has 3 aromatic rings. The Labute approximate surface area is 154 Å². The van der Waals surface area contributed by atoms with Crippen molar-refractivity contribution in [3.63, 3.8) is 0 Å². The molecule has 0 radical (unpaired) electrons. The zero-order chi connectivity index (χ0) is 17.3. The van der Waals surface area contributed by atoms with Gasteiger partial charge < -0.3 is 0 Å². The van der Waals surface area contributed by atoms with Crippen LogP contribution in [0.25, 0.3) is 0 Å². The first-order chi connectivity index (χ1) is 11.5. The molecule has 0 amide bonds. The Kier molecular flexibility index (Phi) is 4.99. The second-order valence-corrected chi connectivity index (χ2v) is 7.18. The monoisotopic (exact) mass is 376 g/mol. The molecule has 3 nitrogen and oxygen atoms in total. The summed E-state index contributed by atoms with van der Waals surface area (Å²) in [4.78, 5) is 14.7. The molecule has 24 heavy (non-hydrogen) atoms. The Morgan fingerprint density at radius 2 is 1.71 bits per heavy atom. The second kappa shape index (κ2) is 7.01. The van der Waals surface area contributed by atoms with Crippen LogP contribution in [0.2, 0.25) is 10.0 Å². The number of aryl methyl sites for hydroxylation is 1. The van der Waals surface area contributed by atoms with Gasteiger partial charge in [-0.1, -0.05) is 47.1 Å². The van der Waals surface area contributed by atoms with Gasteiger partial charge in [-0.15, -0.1) is 0 Å². The molecule has 0 spiro atoms. The highest BCUT2D eigenvalue weighted by Crippen LogP contribution is 2.33. The van der Waals surface area contributed by atoms with Crippen LogP contribution < -0.4 is 0 Å². The molecule has 2 aromatic carbocycles. The fourth-order valence-corrected chi connectivity index (χ4v) is 3.62. The molecule has 0 aliphatic carbocycles. The Morgan fingerprint density at radius 3 is 2.38 bits per heavy atom. The number of hydrogen-bond acceptors (Lipinski definition) is 3. The van der Waals surface area contributed by atoms with E-state index in [0.29, 0.717) is 15.6 Å². The van der Waals surface area contributed by atoms with Gasteiger partial charge in [-0.2, -0.15) is 9.78 Å². The van der Waals surface area contributed by atoms with Crippen LogP contribution in [0.5, 0.6) is 0 Å². The number of halogens is 2. The summed E-state index contributed by atoms with van der Waals surface area (Å²) in [5.74, 6) is -0.232. The summed E-state index contributed by atoms with van der Waals surface area (Å²) in [7, 11) is 0. The molecule has 0 bridgehead atoms. The van der Waals surface area contributed by atoms with E-state index in [9.17, 15) is 4.79 Å². The van der Waals surface area contributed by atoms with Crippen LogP contribution in [0.15, 0.2) is 58.3 Å². The average molecular weight is 377 g/mol. The maximum atomic E-state index is 12.7. The Balaban J connectivity index is 1.96. The van der Waals surface area contributed by atoms with Gasteiger partial charge in [0.05, 0.1) is 26.9 Å².